The van der Waals surface area contributed by atoms with Gasteiger partial charge >= 0.3 is 5.97 Å². The number of ether oxygens (including phenoxy) is 1. The number of likely N-dealkylation sites (tertiary alicyclic amines) is 1. The fourth-order valence-electron chi connectivity index (χ4n) is 7.34. The second-order valence-electron chi connectivity index (χ2n) is 12.9. The van der Waals surface area contributed by atoms with Gasteiger partial charge in [0.05, 0.1) is 29.2 Å². The Hall–Kier alpha value is -1.80. The van der Waals surface area contributed by atoms with Crippen molar-refractivity contribution in [3.63, 3.8) is 0 Å². The lowest BCUT2D eigenvalue weighted by molar-refractivity contribution is -0.155. The first kappa shape index (κ1) is 29.8. The lowest BCUT2D eigenvalue weighted by atomic mass is 9.66. The Kier molecular flexibility index (Phi) is 8.36. The third-order valence-corrected chi connectivity index (χ3v) is 10.4. The Balaban J connectivity index is 2.14. The van der Waals surface area contributed by atoms with Crippen molar-refractivity contribution < 1.29 is 24.2 Å². The normalized spacial score (nSPS) is 31.7. The minimum Gasteiger partial charge on any atom is -0.461 e. The maximum Gasteiger partial charge on any atom is 0.311 e. The molecule has 208 valence electrons. The monoisotopic (exact) mass is 534 g/mol. The maximum atomic E-state index is 14.7. The molecule has 1 spiro atoms. The van der Waals surface area contributed by atoms with E-state index < -0.39 is 44.9 Å². The molecular weight excluding hydrogens is 488 g/mol. The number of rotatable bonds is 11. The number of esters is 1. The lowest BCUT2D eigenvalue weighted by Gasteiger charge is -2.46. The van der Waals surface area contributed by atoms with Crippen LogP contribution in [-0.4, -0.2) is 79.6 Å². The highest BCUT2D eigenvalue weighted by Gasteiger charge is 2.78. The van der Waals surface area contributed by atoms with Gasteiger partial charge in [-0.3, -0.25) is 14.4 Å². The summed E-state index contributed by atoms with van der Waals surface area (Å²) in [5.41, 5.74) is -0.526. The van der Waals surface area contributed by atoms with Crippen molar-refractivity contribution in [2.24, 2.45) is 17.3 Å². The average Bonchev–Trinajstić information content (AvgIpc) is 3.36. The molecule has 2 unspecified atom stereocenters. The Bertz CT molecular complexity index is 939. The standard InChI is InChI=1S/C29H46N2O5S/c1-10-15-30(27(7,8)18-26(4,5)6)24(34)22-29-14-13-28(9,37-29)21(25(35)36-16-11-2)20(29)23(33)31(22)19(12-3)17-32/h10-11,19-22,32H,1-2,12-18H2,3-9H3/t19-,20-,21-,22?,28+,29?/m0/s1. The molecule has 2 amide bonds. The zero-order valence-electron chi connectivity index (χ0n) is 23.7. The van der Waals surface area contributed by atoms with Crippen LogP contribution in [0.4, 0.5) is 0 Å². The van der Waals surface area contributed by atoms with Crippen LogP contribution in [0.2, 0.25) is 0 Å². The van der Waals surface area contributed by atoms with Crippen molar-refractivity contribution in [1.82, 2.24) is 9.80 Å². The summed E-state index contributed by atoms with van der Waals surface area (Å²) in [5.74, 6) is -2.07. The van der Waals surface area contributed by atoms with Crippen LogP contribution < -0.4 is 0 Å². The zero-order chi connectivity index (χ0) is 28.0. The molecule has 3 aliphatic heterocycles. The van der Waals surface area contributed by atoms with Crippen LogP contribution in [0.1, 0.15) is 74.1 Å². The van der Waals surface area contributed by atoms with Crippen molar-refractivity contribution in [3.05, 3.63) is 25.3 Å². The van der Waals surface area contributed by atoms with Gasteiger partial charge in [-0.15, -0.1) is 18.3 Å². The van der Waals surface area contributed by atoms with Crippen LogP contribution in [-0.2, 0) is 19.1 Å². The third kappa shape index (κ3) is 5.00. The number of aliphatic hydroxyl groups is 1. The Morgan fingerprint density at radius 3 is 2.41 bits per heavy atom. The fourth-order valence-corrected chi connectivity index (χ4v) is 9.67. The van der Waals surface area contributed by atoms with E-state index in [1.165, 1.54) is 6.08 Å². The highest BCUT2D eigenvalue weighted by atomic mass is 32.2. The first-order valence-electron chi connectivity index (χ1n) is 13.5. The molecule has 3 heterocycles. The van der Waals surface area contributed by atoms with E-state index in [2.05, 4.69) is 47.8 Å². The van der Waals surface area contributed by atoms with E-state index in [0.717, 1.165) is 12.8 Å². The van der Waals surface area contributed by atoms with Crippen molar-refractivity contribution in [3.8, 4) is 0 Å². The molecule has 3 aliphatic rings. The van der Waals surface area contributed by atoms with Crippen LogP contribution in [0, 0.1) is 17.3 Å². The predicted octanol–water partition coefficient (Wildman–Crippen LogP) is 4.20. The van der Waals surface area contributed by atoms with Crippen LogP contribution in [0.5, 0.6) is 0 Å². The largest absolute Gasteiger partial charge is 0.461 e. The van der Waals surface area contributed by atoms with E-state index >= 15 is 0 Å². The quantitative estimate of drug-likeness (QED) is 0.316. The first-order valence-corrected chi connectivity index (χ1v) is 14.3. The van der Waals surface area contributed by atoms with E-state index in [4.69, 9.17) is 4.74 Å². The number of carbonyl (C=O) groups is 3. The molecule has 0 aromatic carbocycles. The highest BCUT2D eigenvalue weighted by molar-refractivity contribution is 8.02. The molecule has 0 saturated carbocycles. The van der Waals surface area contributed by atoms with Crippen molar-refractivity contribution in [2.45, 2.75) is 101 Å². The molecule has 37 heavy (non-hydrogen) atoms. The van der Waals surface area contributed by atoms with Crippen molar-refractivity contribution >= 4 is 29.5 Å². The smallest absolute Gasteiger partial charge is 0.311 e. The average molecular weight is 535 g/mol. The van der Waals surface area contributed by atoms with Crippen LogP contribution in [0.3, 0.4) is 0 Å². The van der Waals surface area contributed by atoms with E-state index in [-0.39, 0.29) is 30.4 Å². The minimum absolute atomic E-state index is 0.0275. The van der Waals surface area contributed by atoms with Gasteiger partial charge in [0.1, 0.15) is 12.6 Å². The summed E-state index contributed by atoms with van der Waals surface area (Å²) in [6.45, 7) is 22.3. The zero-order valence-corrected chi connectivity index (χ0v) is 24.5. The molecule has 7 nitrogen and oxygen atoms in total. The van der Waals surface area contributed by atoms with E-state index in [9.17, 15) is 19.5 Å². The highest BCUT2D eigenvalue weighted by Crippen LogP contribution is 2.72. The van der Waals surface area contributed by atoms with E-state index in [0.29, 0.717) is 19.4 Å². The van der Waals surface area contributed by atoms with Gasteiger partial charge in [0.2, 0.25) is 11.8 Å². The van der Waals surface area contributed by atoms with E-state index in [1.54, 1.807) is 22.7 Å². The van der Waals surface area contributed by atoms with Crippen LogP contribution in [0.15, 0.2) is 25.3 Å². The fraction of sp³-hybridized carbons (Fsp3) is 0.759. The SMILES string of the molecule is C=CCOC(=O)[C@@H]1[C@H]2C(=O)N([C@@H](CC)CO)C(C(=O)N(CC=C)C(C)(C)CC(C)(C)C)C23CC[C@@]1(C)S3. The maximum absolute atomic E-state index is 14.7. The second-order valence-corrected chi connectivity index (χ2v) is 14.8. The molecular formula is C29H46N2O5S. The number of nitrogens with zero attached hydrogens (tertiary/aromatic N) is 2. The summed E-state index contributed by atoms with van der Waals surface area (Å²) in [7, 11) is 0. The molecule has 0 radical (unpaired) electrons. The van der Waals surface area contributed by atoms with Gasteiger partial charge < -0.3 is 19.6 Å². The van der Waals surface area contributed by atoms with Gasteiger partial charge in [-0.1, -0.05) is 46.4 Å². The summed E-state index contributed by atoms with van der Waals surface area (Å²) in [5, 5.41) is 10.3. The number of thioether (sulfide) groups is 1. The number of hydrogen-bond acceptors (Lipinski definition) is 6. The van der Waals surface area contributed by atoms with Gasteiger partial charge in [0, 0.05) is 16.8 Å². The molecule has 6 atom stereocenters. The summed E-state index contributed by atoms with van der Waals surface area (Å²) in [6, 6.07) is -1.28. The molecule has 3 rings (SSSR count). The number of amides is 2. The van der Waals surface area contributed by atoms with Crippen molar-refractivity contribution in [1.29, 1.82) is 0 Å². The molecule has 0 aromatic rings. The molecule has 3 saturated heterocycles. The summed E-state index contributed by atoms with van der Waals surface area (Å²) in [4.78, 5) is 45.7. The van der Waals surface area contributed by atoms with Gasteiger partial charge in [0.25, 0.3) is 0 Å². The number of carbonyl (C=O) groups excluding carboxylic acids is 3. The third-order valence-electron chi connectivity index (χ3n) is 8.39. The van der Waals surface area contributed by atoms with Gasteiger partial charge in [-0.2, -0.15) is 0 Å². The van der Waals surface area contributed by atoms with Gasteiger partial charge in [-0.25, -0.2) is 0 Å². The summed E-state index contributed by atoms with van der Waals surface area (Å²) < 4.78 is 4.25. The van der Waals surface area contributed by atoms with Crippen LogP contribution in [0.25, 0.3) is 0 Å². The van der Waals surface area contributed by atoms with Gasteiger partial charge in [0.15, 0.2) is 0 Å². The predicted molar refractivity (Wildman–Crippen MR) is 148 cm³/mol. The molecule has 2 bridgehead atoms. The topological polar surface area (TPSA) is 87.1 Å². The number of aliphatic hydroxyl groups excluding tert-OH is 1. The number of fused-ring (bicyclic) bond motifs is 1. The summed E-state index contributed by atoms with van der Waals surface area (Å²) >= 11 is 1.62. The molecule has 0 aliphatic carbocycles. The molecule has 8 heteroatoms. The number of hydrogen-bond donors (Lipinski definition) is 1. The molecule has 0 aromatic heterocycles. The minimum atomic E-state index is -0.773. The Morgan fingerprint density at radius 1 is 1.24 bits per heavy atom. The Labute approximate surface area is 227 Å². The summed E-state index contributed by atoms with van der Waals surface area (Å²) in [6.07, 6.45) is 5.90. The molecule has 1 N–H and O–H groups in total. The van der Waals surface area contributed by atoms with E-state index in [1.807, 2.05) is 18.7 Å². The first-order chi connectivity index (χ1) is 17.1. The lowest BCUT2D eigenvalue weighted by Crippen LogP contribution is -2.61. The van der Waals surface area contributed by atoms with Crippen molar-refractivity contribution in [2.75, 3.05) is 19.8 Å². The molecule has 3 fully saturated rings. The second kappa shape index (κ2) is 10.4. The van der Waals surface area contributed by atoms with Crippen LogP contribution >= 0.6 is 11.8 Å². The van der Waals surface area contributed by atoms with Gasteiger partial charge in [-0.05, 0) is 51.9 Å². The Morgan fingerprint density at radius 2 is 1.89 bits per heavy atom.